The van der Waals surface area contributed by atoms with E-state index in [1.807, 2.05) is 17.0 Å². The molecule has 1 aromatic carbocycles. The topological polar surface area (TPSA) is 132 Å². The Hall–Kier alpha value is -4.93. The predicted octanol–water partition coefficient (Wildman–Crippen LogP) is 4.91. The van der Waals surface area contributed by atoms with E-state index in [4.69, 9.17) is 15.5 Å². The summed E-state index contributed by atoms with van der Waals surface area (Å²) in [6, 6.07) is 10.6. The van der Waals surface area contributed by atoms with Gasteiger partial charge < -0.3 is 20.7 Å². The van der Waals surface area contributed by atoms with Crippen LogP contribution in [0.5, 0.6) is 11.5 Å². The lowest BCUT2D eigenvalue weighted by Gasteiger charge is -2.30. The van der Waals surface area contributed by atoms with Gasteiger partial charge in [-0.1, -0.05) is 6.58 Å². The number of amides is 1. The number of halogens is 1. The van der Waals surface area contributed by atoms with Gasteiger partial charge in [-0.3, -0.25) is 4.79 Å². The second-order valence-electron chi connectivity index (χ2n) is 9.92. The lowest BCUT2D eigenvalue weighted by Crippen LogP contribution is -2.38. The average molecular weight is 539 g/mol. The number of aromatic nitrogens is 4. The zero-order valence-electron chi connectivity index (χ0n) is 21.8. The quantitative estimate of drug-likeness (QED) is 0.193. The van der Waals surface area contributed by atoms with Gasteiger partial charge >= 0.3 is 0 Å². The van der Waals surface area contributed by atoms with E-state index in [2.05, 4.69) is 31.8 Å². The van der Waals surface area contributed by atoms with Crippen molar-refractivity contribution in [1.29, 1.82) is 0 Å². The summed E-state index contributed by atoms with van der Waals surface area (Å²) < 4.78 is 21.4. The molecule has 40 heavy (non-hydrogen) atoms. The van der Waals surface area contributed by atoms with Gasteiger partial charge in [-0.15, -0.1) is 0 Å². The fourth-order valence-corrected chi connectivity index (χ4v) is 5.70. The van der Waals surface area contributed by atoms with E-state index < -0.39 is 5.82 Å². The van der Waals surface area contributed by atoms with Crippen LogP contribution in [0.2, 0.25) is 0 Å². The Morgan fingerprint density at radius 2 is 2.10 bits per heavy atom. The van der Waals surface area contributed by atoms with Gasteiger partial charge in [0.1, 0.15) is 23.3 Å². The molecule has 1 aliphatic carbocycles. The van der Waals surface area contributed by atoms with Gasteiger partial charge in [-0.05, 0) is 62.1 Å². The summed E-state index contributed by atoms with van der Waals surface area (Å²) in [4.78, 5) is 35.7. The Morgan fingerprint density at radius 1 is 1.23 bits per heavy atom. The normalized spacial score (nSPS) is 19.9. The number of carbonyl (C=O) groups excluding carboxylic acids is 1. The number of nitrogens with zero attached hydrogens (tertiary/aromatic N) is 6. The van der Waals surface area contributed by atoms with Crippen LogP contribution in [0.3, 0.4) is 0 Å². The van der Waals surface area contributed by atoms with E-state index in [-0.39, 0.29) is 23.6 Å². The molecule has 2 aliphatic rings. The van der Waals surface area contributed by atoms with Gasteiger partial charge in [0.05, 0.1) is 17.5 Å². The summed E-state index contributed by atoms with van der Waals surface area (Å²) in [6.45, 7) is 5.96. The minimum atomic E-state index is -0.477. The number of hydrogen-bond acceptors (Lipinski definition) is 8. The van der Waals surface area contributed by atoms with E-state index in [1.165, 1.54) is 18.6 Å². The predicted molar refractivity (Wildman–Crippen MR) is 150 cm³/mol. The molecule has 6 rings (SSSR count). The number of carbonyl (C=O) groups is 1. The molecule has 1 aliphatic heterocycles. The molecule has 4 aromatic rings. The molecule has 3 atom stereocenters. The minimum absolute atomic E-state index is 0.0164. The first-order chi connectivity index (χ1) is 19.4. The molecular formula is C29H27FN8O2. The highest BCUT2D eigenvalue weighted by molar-refractivity contribution is 5.88. The summed E-state index contributed by atoms with van der Waals surface area (Å²) in [5.41, 5.74) is 8.03. The number of hydrogen-bond donors (Lipinski definition) is 2. The zero-order valence-corrected chi connectivity index (χ0v) is 21.8. The second-order valence-corrected chi connectivity index (χ2v) is 9.92. The van der Waals surface area contributed by atoms with E-state index in [1.54, 1.807) is 31.2 Å². The van der Waals surface area contributed by atoms with Crippen LogP contribution in [0, 0.1) is 18.7 Å². The summed E-state index contributed by atoms with van der Waals surface area (Å²) in [7, 11) is 0. The number of aliphatic imine (C=N–C) groups is 1. The van der Waals surface area contributed by atoms with Crippen molar-refractivity contribution < 1.29 is 13.9 Å². The number of rotatable bonds is 7. The first kappa shape index (κ1) is 25.4. The van der Waals surface area contributed by atoms with Crippen LogP contribution >= 0.6 is 0 Å². The molecule has 202 valence electrons. The molecule has 0 spiro atoms. The first-order valence-electron chi connectivity index (χ1n) is 12.9. The third kappa shape index (κ3) is 4.59. The maximum Gasteiger partial charge on any atom is 0.246 e. The Bertz CT molecular complexity index is 1660. The second kappa shape index (κ2) is 10.3. The lowest BCUT2D eigenvalue weighted by atomic mass is 9.90. The Labute approximate surface area is 229 Å². The van der Waals surface area contributed by atoms with Crippen molar-refractivity contribution in [1.82, 2.24) is 24.8 Å². The number of pyridine rings is 2. The van der Waals surface area contributed by atoms with Crippen LogP contribution in [-0.4, -0.2) is 49.7 Å². The standard InChI is InChI=1S/C29H27FN8O2/c1-3-26(39)38-13-17-10-18(38)11-20(17)21-4-5-23-28(36-21)29(35-15-34-23)37-22-6-7-24(16(2)27(22)30)40-19-8-9-32-25(12-19)33-14-31/h3-9,12,14-15,17-18,20H,1,10-11,13H2,2H3,(H2,31,32,33)(H,34,35,37). The fourth-order valence-electron chi connectivity index (χ4n) is 5.70. The van der Waals surface area contributed by atoms with Crippen molar-refractivity contribution >= 4 is 40.6 Å². The number of nitrogens with two attached hydrogens (primary N) is 1. The third-order valence-electron chi connectivity index (χ3n) is 7.62. The molecule has 2 bridgehead atoms. The van der Waals surface area contributed by atoms with Crippen LogP contribution in [0.1, 0.15) is 30.0 Å². The molecule has 3 N–H and O–H groups in total. The van der Waals surface area contributed by atoms with Gasteiger partial charge in [0.2, 0.25) is 5.91 Å². The van der Waals surface area contributed by atoms with Crippen molar-refractivity contribution in [2.75, 3.05) is 11.9 Å². The molecule has 1 amide bonds. The largest absolute Gasteiger partial charge is 0.457 e. The first-order valence-corrected chi connectivity index (χ1v) is 12.9. The molecule has 1 saturated heterocycles. The summed E-state index contributed by atoms with van der Waals surface area (Å²) in [6.07, 6.45) is 7.30. The fraction of sp³-hybridized carbons (Fsp3) is 0.241. The van der Waals surface area contributed by atoms with Crippen LogP contribution in [0.15, 0.2) is 66.6 Å². The van der Waals surface area contributed by atoms with Crippen LogP contribution in [-0.2, 0) is 4.79 Å². The van der Waals surface area contributed by atoms with E-state index in [9.17, 15) is 4.79 Å². The molecule has 2 fully saturated rings. The van der Waals surface area contributed by atoms with Gasteiger partial charge in [0.25, 0.3) is 0 Å². The van der Waals surface area contributed by atoms with Gasteiger partial charge in [0, 0.05) is 42.0 Å². The maximum absolute atomic E-state index is 15.5. The van der Waals surface area contributed by atoms with Crippen molar-refractivity contribution in [3.05, 3.63) is 78.7 Å². The summed E-state index contributed by atoms with van der Waals surface area (Å²) in [5, 5.41) is 3.10. The highest BCUT2D eigenvalue weighted by atomic mass is 19.1. The Balaban J connectivity index is 1.25. The van der Waals surface area contributed by atoms with Crippen molar-refractivity contribution in [3.8, 4) is 11.5 Å². The smallest absolute Gasteiger partial charge is 0.246 e. The summed E-state index contributed by atoms with van der Waals surface area (Å²) >= 11 is 0. The van der Waals surface area contributed by atoms with Gasteiger partial charge in [-0.25, -0.2) is 29.3 Å². The molecule has 0 radical (unpaired) electrons. The van der Waals surface area contributed by atoms with Gasteiger partial charge in [-0.2, -0.15) is 0 Å². The number of nitrogens with one attached hydrogen (secondary N) is 1. The molecule has 10 nitrogen and oxygen atoms in total. The Morgan fingerprint density at radius 3 is 2.88 bits per heavy atom. The molecule has 11 heteroatoms. The molecule has 3 aromatic heterocycles. The molecule has 1 saturated carbocycles. The number of likely N-dealkylation sites (tertiary alicyclic amines) is 1. The molecule has 4 heterocycles. The third-order valence-corrected chi connectivity index (χ3v) is 7.62. The highest BCUT2D eigenvalue weighted by Crippen LogP contribution is 2.47. The van der Waals surface area contributed by atoms with Crippen LogP contribution in [0.4, 0.5) is 21.7 Å². The number of fused-ring (bicyclic) bond motifs is 3. The maximum atomic E-state index is 15.5. The van der Waals surface area contributed by atoms with Crippen molar-refractivity contribution in [3.63, 3.8) is 0 Å². The van der Waals surface area contributed by atoms with Crippen LogP contribution in [0.25, 0.3) is 11.0 Å². The van der Waals surface area contributed by atoms with Crippen molar-refractivity contribution in [2.24, 2.45) is 16.6 Å². The molecular weight excluding hydrogens is 511 g/mol. The monoisotopic (exact) mass is 538 g/mol. The lowest BCUT2D eigenvalue weighted by molar-refractivity contribution is -0.127. The van der Waals surface area contributed by atoms with E-state index in [0.717, 1.165) is 24.9 Å². The number of piperidine rings is 1. The van der Waals surface area contributed by atoms with Crippen LogP contribution < -0.4 is 15.8 Å². The van der Waals surface area contributed by atoms with Crippen molar-refractivity contribution in [2.45, 2.75) is 31.7 Å². The number of anilines is 2. The highest BCUT2D eigenvalue weighted by Gasteiger charge is 2.46. The molecule has 3 unspecified atom stereocenters. The SMILES string of the molecule is C=CC(=O)N1CC2CC1CC2c1ccc2ncnc(Nc3ccc(Oc4ccnc(N=CN)c4)c(C)c3F)c2n1. The van der Waals surface area contributed by atoms with E-state index >= 15 is 4.39 Å². The zero-order chi connectivity index (χ0) is 27.8. The number of benzene rings is 1. The van der Waals surface area contributed by atoms with E-state index in [0.29, 0.717) is 52.2 Å². The minimum Gasteiger partial charge on any atom is -0.457 e. The summed E-state index contributed by atoms with van der Waals surface area (Å²) in [5.74, 6) is 1.67. The number of ether oxygens (including phenoxy) is 1. The average Bonchev–Trinajstić information content (AvgIpc) is 3.58. The Kier molecular flexibility index (Phi) is 6.54. The van der Waals surface area contributed by atoms with Gasteiger partial charge in [0.15, 0.2) is 17.5 Å².